The number of ketones is 1. The SMILES string of the molecule is CCOc1ccc(C(=O)CCC(=O)OCc2csc(N(C(C)=O)c3ccc(C)c(C)c3)n2)cc1. The second kappa shape index (κ2) is 11.6. The van der Waals surface area contributed by atoms with Crippen LogP contribution in [-0.2, 0) is 20.9 Å². The van der Waals surface area contributed by atoms with Gasteiger partial charge in [-0.15, -0.1) is 11.3 Å². The fourth-order valence-electron chi connectivity index (χ4n) is 3.25. The molecule has 1 heterocycles. The summed E-state index contributed by atoms with van der Waals surface area (Å²) in [6.45, 7) is 7.91. The summed E-state index contributed by atoms with van der Waals surface area (Å²) >= 11 is 1.30. The van der Waals surface area contributed by atoms with Crippen LogP contribution in [0.5, 0.6) is 5.75 Å². The molecule has 8 heteroatoms. The predicted octanol–water partition coefficient (Wildman–Crippen LogP) is 5.55. The van der Waals surface area contributed by atoms with Crippen molar-refractivity contribution in [3.05, 3.63) is 70.2 Å². The van der Waals surface area contributed by atoms with Gasteiger partial charge in [0.05, 0.1) is 24.4 Å². The first-order chi connectivity index (χ1) is 16.3. The van der Waals surface area contributed by atoms with Crippen LogP contribution in [0.3, 0.4) is 0 Å². The van der Waals surface area contributed by atoms with E-state index in [1.807, 2.05) is 39.0 Å². The third-order valence-electron chi connectivity index (χ3n) is 5.22. The molecule has 0 saturated heterocycles. The van der Waals surface area contributed by atoms with Crippen LogP contribution in [0.25, 0.3) is 0 Å². The Morgan fingerprint density at radius 1 is 1.00 bits per heavy atom. The zero-order valence-electron chi connectivity index (χ0n) is 19.8. The Morgan fingerprint density at radius 3 is 2.38 bits per heavy atom. The van der Waals surface area contributed by atoms with E-state index >= 15 is 0 Å². The number of aromatic nitrogens is 1. The average molecular weight is 481 g/mol. The van der Waals surface area contributed by atoms with Crippen LogP contribution in [0.4, 0.5) is 10.8 Å². The Kier molecular flexibility index (Phi) is 8.54. The summed E-state index contributed by atoms with van der Waals surface area (Å²) in [5.74, 6) is -0.0799. The van der Waals surface area contributed by atoms with Crippen molar-refractivity contribution in [2.24, 2.45) is 0 Å². The largest absolute Gasteiger partial charge is 0.494 e. The second-order valence-electron chi connectivity index (χ2n) is 7.79. The van der Waals surface area contributed by atoms with E-state index in [0.29, 0.717) is 28.7 Å². The summed E-state index contributed by atoms with van der Waals surface area (Å²) < 4.78 is 10.7. The summed E-state index contributed by atoms with van der Waals surface area (Å²) in [6, 6.07) is 12.6. The topological polar surface area (TPSA) is 85.8 Å². The van der Waals surface area contributed by atoms with E-state index in [0.717, 1.165) is 16.8 Å². The molecule has 0 radical (unpaired) electrons. The molecule has 0 unspecified atom stereocenters. The van der Waals surface area contributed by atoms with Gasteiger partial charge in [0, 0.05) is 24.3 Å². The van der Waals surface area contributed by atoms with Gasteiger partial charge in [-0.25, -0.2) is 4.98 Å². The van der Waals surface area contributed by atoms with Gasteiger partial charge in [0.15, 0.2) is 10.9 Å². The van der Waals surface area contributed by atoms with Gasteiger partial charge in [-0.05, 0) is 68.3 Å². The predicted molar refractivity (Wildman–Crippen MR) is 132 cm³/mol. The number of ether oxygens (including phenoxy) is 2. The van der Waals surface area contributed by atoms with E-state index in [1.165, 1.54) is 23.2 Å². The van der Waals surface area contributed by atoms with Crippen molar-refractivity contribution in [3.8, 4) is 5.75 Å². The molecule has 0 aliphatic heterocycles. The highest BCUT2D eigenvalue weighted by molar-refractivity contribution is 7.14. The van der Waals surface area contributed by atoms with Crippen molar-refractivity contribution < 1.29 is 23.9 Å². The van der Waals surface area contributed by atoms with Gasteiger partial charge < -0.3 is 9.47 Å². The smallest absolute Gasteiger partial charge is 0.306 e. The Labute approximate surface area is 203 Å². The third-order valence-corrected chi connectivity index (χ3v) is 6.09. The van der Waals surface area contributed by atoms with Gasteiger partial charge >= 0.3 is 5.97 Å². The van der Waals surface area contributed by atoms with E-state index in [-0.39, 0.29) is 31.1 Å². The lowest BCUT2D eigenvalue weighted by Crippen LogP contribution is -2.22. The number of hydrogen-bond donors (Lipinski definition) is 0. The fourth-order valence-corrected chi connectivity index (χ4v) is 4.12. The van der Waals surface area contributed by atoms with Crippen LogP contribution >= 0.6 is 11.3 Å². The van der Waals surface area contributed by atoms with Gasteiger partial charge in [-0.2, -0.15) is 0 Å². The summed E-state index contributed by atoms with van der Waals surface area (Å²) in [4.78, 5) is 42.8. The average Bonchev–Trinajstić information content (AvgIpc) is 3.27. The Hall–Kier alpha value is -3.52. The summed E-state index contributed by atoms with van der Waals surface area (Å²) in [5.41, 5.74) is 4.02. The second-order valence-corrected chi connectivity index (χ2v) is 8.62. The maximum Gasteiger partial charge on any atom is 0.306 e. The number of benzene rings is 2. The van der Waals surface area contributed by atoms with Crippen LogP contribution in [0.15, 0.2) is 47.8 Å². The number of nitrogens with zero attached hydrogens (tertiary/aromatic N) is 2. The van der Waals surface area contributed by atoms with Crippen molar-refractivity contribution in [1.29, 1.82) is 0 Å². The van der Waals surface area contributed by atoms with Crippen molar-refractivity contribution in [2.75, 3.05) is 11.5 Å². The first-order valence-corrected chi connectivity index (χ1v) is 11.9. The maximum absolute atomic E-state index is 12.3. The quantitative estimate of drug-likeness (QED) is 0.279. The molecule has 1 amide bonds. The highest BCUT2D eigenvalue weighted by Gasteiger charge is 2.19. The minimum absolute atomic E-state index is 0.0226. The van der Waals surface area contributed by atoms with E-state index in [4.69, 9.17) is 9.47 Å². The number of aryl methyl sites for hydroxylation is 2. The monoisotopic (exact) mass is 480 g/mol. The summed E-state index contributed by atoms with van der Waals surface area (Å²) in [5, 5.41) is 2.26. The van der Waals surface area contributed by atoms with Crippen LogP contribution in [0.1, 0.15) is 53.9 Å². The Balaban J connectivity index is 1.54. The molecule has 0 aliphatic carbocycles. The normalized spacial score (nSPS) is 10.6. The molecule has 1 aromatic heterocycles. The summed E-state index contributed by atoms with van der Waals surface area (Å²) in [6.07, 6.45) is 0.0330. The van der Waals surface area contributed by atoms with Gasteiger partial charge in [0.2, 0.25) is 5.91 Å². The van der Waals surface area contributed by atoms with Gasteiger partial charge in [-0.3, -0.25) is 19.3 Å². The number of carbonyl (C=O) groups excluding carboxylic acids is 3. The van der Waals surface area contributed by atoms with Crippen LogP contribution in [0.2, 0.25) is 0 Å². The number of carbonyl (C=O) groups is 3. The van der Waals surface area contributed by atoms with Crippen molar-refractivity contribution >= 4 is 39.8 Å². The number of hydrogen-bond acceptors (Lipinski definition) is 7. The van der Waals surface area contributed by atoms with E-state index in [9.17, 15) is 14.4 Å². The van der Waals surface area contributed by atoms with Crippen LogP contribution < -0.4 is 9.64 Å². The molecule has 178 valence electrons. The van der Waals surface area contributed by atoms with Crippen LogP contribution in [0, 0.1) is 13.8 Å². The molecule has 0 saturated carbocycles. The van der Waals surface area contributed by atoms with E-state index < -0.39 is 5.97 Å². The lowest BCUT2D eigenvalue weighted by atomic mass is 10.1. The molecule has 0 aliphatic rings. The zero-order chi connectivity index (χ0) is 24.7. The molecule has 0 N–H and O–H groups in total. The first kappa shape index (κ1) is 25.1. The molecule has 0 bridgehead atoms. The highest BCUT2D eigenvalue weighted by Crippen LogP contribution is 2.30. The van der Waals surface area contributed by atoms with Gasteiger partial charge in [0.25, 0.3) is 0 Å². The third kappa shape index (κ3) is 6.51. The molecule has 34 heavy (non-hydrogen) atoms. The van der Waals surface area contributed by atoms with E-state index in [2.05, 4.69) is 4.98 Å². The molecule has 3 rings (SSSR count). The van der Waals surface area contributed by atoms with Crippen molar-refractivity contribution in [1.82, 2.24) is 4.98 Å². The van der Waals surface area contributed by atoms with Crippen LogP contribution in [-0.4, -0.2) is 29.3 Å². The molecular formula is C26H28N2O5S. The number of esters is 1. The number of Topliss-reactive ketones (excluding diaryl/α,β-unsaturated/α-hetero) is 1. The Morgan fingerprint density at radius 2 is 1.74 bits per heavy atom. The van der Waals surface area contributed by atoms with Gasteiger partial charge in [0.1, 0.15) is 12.4 Å². The highest BCUT2D eigenvalue weighted by atomic mass is 32.1. The zero-order valence-corrected chi connectivity index (χ0v) is 20.6. The number of anilines is 2. The number of thiazole rings is 1. The summed E-state index contributed by atoms with van der Waals surface area (Å²) in [7, 11) is 0. The fraction of sp³-hybridized carbons (Fsp3) is 0.308. The number of amides is 1. The molecule has 0 atom stereocenters. The van der Waals surface area contributed by atoms with Gasteiger partial charge in [-0.1, -0.05) is 6.07 Å². The molecular weight excluding hydrogens is 452 g/mol. The molecule has 0 spiro atoms. The van der Waals surface area contributed by atoms with E-state index in [1.54, 1.807) is 29.6 Å². The Bertz CT molecular complexity index is 1170. The lowest BCUT2D eigenvalue weighted by molar-refractivity contribution is -0.145. The molecule has 7 nitrogen and oxygen atoms in total. The maximum atomic E-state index is 12.3. The standard InChI is InChI=1S/C26H28N2O5S/c1-5-32-23-10-7-20(8-11-23)24(30)12-13-25(31)33-15-21-16-34-26(27-21)28(19(4)29)22-9-6-17(2)18(3)14-22/h6-11,14,16H,5,12-13,15H2,1-4H3. The molecule has 0 fully saturated rings. The minimum Gasteiger partial charge on any atom is -0.494 e. The minimum atomic E-state index is -0.480. The van der Waals surface area contributed by atoms with Crippen molar-refractivity contribution in [2.45, 2.75) is 47.1 Å². The number of rotatable bonds is 10. The first-order valence-electron chi connectivity index (χ1n) is 11.0. The lowest BCUT2D eigenvalue weighted by Gasteiger charge is -2.19. The van der Waals surface area contributed by atoms with Crippen molar-refractivity contribution in [3.63, 3.8) is 0 Å². The molecule has 2 aromatic carbocycles. The molecule has 3 aromatic rings.